The molecule has 6 nitrogen and oxygen atoms in total. The monoisotopic (exact) mass is 495 g/mol. The molecule has 1 aliphatic rings. The van der Waals surface area contributed by atoms with Crippen molar-refractivity contribution in [2.45, 2.75) is 19.8 Å². The van der Waals surface area contributed by atoms with Gasteiger partial charge >= 0.3 is 0 Å². The number of carbonyl (C=O) groups excluding carboxylic acids is 1. The molecule has 1 aromatic heterocycles. The molecule has 2 heterocycles. The number of unbranched alkanes of at least 4 members (excludes halogenated alkanes) is 1. The number of hydrogen-bond acceptors (Lipinski definition) is 4. The van der Waals surface area contributed by atoms with Crippen LogP contribution in [0.1, 0.15) is 28.9 Å². The molecule has 0 bridgehead atoms. The molecule has 0 aliphatic carbocycles. The summed E-state index contributed by atoms with van der Waals surface area (Å²) in [5.41, 5.74) is 3.73. The highest BCUT2D eigenvalue weighted by Crippen LogP contribution is 2.18. The Labute approximate surface area is 198 Å². The minimum atomic E-state index is -0.0534. The molecule has 1 N–H and O–H groups in total. The third-order valence-electron chi connectivity index (χ3n) is 6.01. The molecule has 0 saturated carbocycles. The molecule has 4 rings (SSSR count). The third-order valence-corrected chi connectivity index (χ3v) is 6.53. The molecule has 0 spiro atoms. The summed E-state index contributed by atoms with van der Waals surface area (Å²) in [6, 6.07) is 18.5. The Bertz CT molecular complexity index is 1010. The number of hydrogen-bond donors (Lipinski definition) is 1. The second-order valence-corrected chi connectivity index (χ2v) is 9.07. The number of rotatable bonds is 8. The van der Waals surface area contributed by atoms with E-state index in [2.05, 4.69) is 66.5 Å². The van der Waals surface area contributed by atoms with Gasteiger partial charge in [-0.2, -0.15) is 5.10 Å². The number of nitrogens with one attached hydrogen (secondary N) is 1. The summed E-state index contributed by atoms with van der Waals surface area (Å²) >= 11 is 3.44. The number of nitrogens with zero attached hydrogens (tertiary/aromatic N) is 4. The lowest BCUT2D eigenvalue weighted by Gasteiger charge is -2.36. The fourth-order valence-electron chi connectivity index (χ4n) is 4.10. The highest BCUT2D eigenvalue weighted by molar-refractivity contribution is 9.10. The van der Waals surface area contributed by atoms with Crippen molar-refractivity contribution in [3.63, 3.8) is 0 Å². The number of aromatic nitrogens is 2. The van der Waals surface area contributed by atoms with Gasteiger partial charge in [0, 0.05) is 42.9 Å². The Balaban J connectivity index is 1.17. The highest BCUT2D eigenvalue weighted by Gasteiger charge is 2.17. The van der Waals surface area contributed by atoms with Crippen molar-refractivity contribution in [3.05, 3.63) is 76.5 Å². The van der Waals surface area contributed by atoms with Crippen LogP contribution in [0, 0.1) is 6.92 Å². The number of piperazine rings is 1. The molecular formula is C25H30BrN5O. The zero-order valence-electron chi connectivity index (χ0n) is 18.5. The fourth-order valence-corrected chi connectivity index (χ4v) is 4.37. The summed E-state index contributed by atoms with van der Waals surface area (Å²) in [5.74, 6) is -0.0534. The minimum absolute atomic E-state index is 0.0534. The molecule has 0 unspecified atom stereocenters. The van der Waals surface area contributed by atoms with Crippen LogP contribution in [0.15, 0.2) is 65.3 Å². The molecule has 3 aromatic rings. The summed E-state index contributed by atoms with van der Waals surface area (Å²) in [7, 11) is 0. The maximum Gasteiger partial charge on any atom is 0.254 e. The summed E-state index contributed by atoms with van der Waals surface area (Å²) in [5, 5.41) is 7.45. The van der Waals surface area contributed by atoms with Crippen molar-refractivity contribution in [1.29, 1.82) is 0 Å². The third kappa shape index (κ3) is 5.58. The number of amides is 1. The van der Waals surface area contributed by atoms with Gasteiger partial charge in [-0.3, -0.25) is 9.69 Å². The predicted molar refractivity (Wildman–Crippen MR) is 133 cm³/mol. The van der Waals surface area contributed by atoms with Crippen molar-refractivity contribution in [2.75, 3.05) is 44.2 Å². The average Bonchev–Trinajstić information content (AvgIpc) is 3.21. The number of halogens is 1. The zero-order chi connectivity index (χ0) is 22.3. The summed E-state index contributed by atoms with van der Waals surface area (Å²) in [4.78, 5) is 17.6. The number of benzene rings is 2. The number of anilines is 1. The Morgan fingerprint density at radius 3 is 2.41 bits per heavy atom. The van der Waals surface area contributed by atoms with Crippen LogP contribution in [-0.2, 0) is 0 Å². The number of carbonyl (C=O) groups is 1. The van der Waals surface area contributed by atoms with E-state index in [0.717, 1.165) is 61.4 Å². The van der Waals surface area contributed by atoms with E-state index in [-0.39, 0.29) is 5.91 Å². The molecule has 7 heteroatoms. The lowest BCUT2D eigenvalue weighted by Crippen LogP contribution is -2.46. The maximum atomic E-state index is 12.6. The van der Waals surface area contributed by atoms with Crippen molar-refractivity contribution < 1.29 is 4.79 Å². The van der Waals surface area contributed by atoms with Gasteiger partial charge in [-0.25, -0.2) is 4.68 Å². The van der Waals surface area contributed by atoms with Gasteiger partial charge in [-0.1, -0.05) is 34.1 Å². The molecule has 1 fully saturated rings. The zero-order valence-corrected chi connectivity index (χ0v) is 20.1. The van der Waals surface area contributed by atoms with Gasteiger partial charge in [0.15, 0.2) is 0 Å². The van der Waals surface area contributed by atoms with Crippen molar-refractivity contribution in [3.8, 4) is 5.69 Å². The Morgan fingerprint density at radius 1 is 0.969 bits per heavy atom. The number of para-hydroxylation sites is 1. The van der Waals surface area contributed by atoms with Gasteiger partial charge in [0.25, 0.3) is 5.91 Å². The largest absolute Gasteiger partial charge is 0.369 e. The van der Waals surface area contributed by atoms with Crippen LogP contribution in [0.2, 0.25) is 0 Å². The lowest BCUT2D eigenvalue weighted by atomic mass is 10.2. The standard InChI is InChI=1S/C25H30BrN5O/c1-20-24(19-28-31(20)23-11-9-21(26)10-12-23)25(32)27-13-5-6-14-29-15-17-30(18-16-29)22-7-3-2-4-8-22/h2-4,7-12,19H,5-6,13-18H2,1H3,(H,27,32). The van der Waals surface area contributed by atoms with Crippen LogP contribution in [0.5, 0.6) is 0 Å². The molecule has 1 amide bonds. The van der Waals surface area contributed by atoms with Gasteiger partial charge < -0.3 is 10.2 Å². The first-order valence-electron chi connectivity index (χ1n) is 11.2. The molecule has 1 aliphatic heterocycles. The molecule has 0 atom stereocenters. The van der Waals surface area contributed by atoms with Crippen LogP contribution < -0.4 is 10.2 Å². The second-order valence-electron chi connectivity index (χ2n) is 8.16. The van der Waals surface area contributed by atoms with Crippen LogP contribution in [-0.4, -0.2) is 59.9 Å². The molecule has 0 radical (unpaired) electrons. The van der Waals surface area contributed by atoms with E-state index in [1.165, 1.54) is 5.69 Å². The normalized spacial score (nSPS) is 14.5. The molecule has 2 aromatic carbocycles. The van der Waals surface area contributed by atoms with Gasteiger partial charge in [-0.05, 0) is 62.7 Å². The van der Waals surface area contributed by atoms with E-state index >= 15 is 0 Å². The predicted octanol–water partition coefficient (Wildman–Crippen LogP) is 4.28. The first-order chi connectivity index (χ1) is 15.6. The van der Waals surface area contributed by atoms with Gasteiger partial charge in [0.2, 0.25) is 0 Å². The van der Waals surface area contributed by atoms with Crippen LogP contribution in [0.3, 0.4) is 0 Å². The Kier molecular flexibility index (Phi) is 7.60. The summed E-state index contributed by atoms with van der Waals surface area (Å²) in [6.45, 7) is 8.03. The van der Waals surface area contributed by atoms with Gasteiger partial charge in [-0.15, -0.1) is 0 Å². The van der Waals surface area contributed by atoms with E-state index in [9.17, 15) is 4.79 Å². The molecule has 32 heavy (non-hydrogen) atoms. The van der Waals surface area contributed by atoms with Crippen molar-refractivity contribution in [1.82, 2.24) is 20.0 Å². The van der Waals surface area contributed by atoms with E-state index < -0.39 is 0 Å². The van der Waals surface area contributed by atoms with E-state index in [0.29, 0.717) is 12.1 Å². The molecule has 168 valence electrons. The fraction of sp³-hybridized carbons (Fsp3) is 0.360. The van der Waals surface area contributed by atoms with Crippen LogP contribution >= 0.6 is 15.9 Å². The highest BCUT2D eigenvalue weighted by atomic mass is 79.9. The van der Waals surface area contributed by atoms with Gasteiger partial charge in [0.05, 0.1) is 23.1 Å². The maximum absolute atomic E-state index is 12.6. The van der Waals surface area contributed by atoms with Crippen LogP contribution in [0.4, 0.5) is 5.69 Å². The summed E-state index contributed by atoms with van der Waals surface area (Å²) in [6.07, 6.45) is 3.71. The minimum Gasteiger partial charge on any atom is -0.369 e. The Hall–Kier alpha value is -2.64. The van der Waals surface area contributed by atoms with E-state index in [1.807, 2.05) is 31.2 Å². The lowest BCUT2D eigenvalue weighted by molar-refractivity contribution is 0.0952. The topological polar surface area (TPSA) is 53.4 Å². The summed E-state index contributed by atoms with van der Waals surface area (Å²) < 4.78 is 2.82. The van der Waals surface area contributed by atoms with Crippen LogP contribution in [0.25, 0.3) is 5.69 Å². The SMILES string of the molecule is Cc1c(C(=O)NCCCCN2CCN(c3ccccc3)CC2)cnn1-c1ccc(Br)cc1. The van der Waals surface area contributed by atoms with E-state index in [1.54, 1.807) is 10.9 Å². The first kappa shape index (κ1) is 22.6. The molecular weight excluding hydrogens is 466 g/mol. The van der Waals surface area contributed by atoms with Crippen molar-refractivity contribution in [2.24, 2.45) is 0 Å². The first-order valence-corrected chi connectivity index (χ1v) is 12.0. The molecule has 1 saturated heterocycles. The second kappa shape index (κ2) is 10.8. The van der Waals surface area contributed by atoms with Crippen molar-refractivity contribution >= 4 is 27.5 Å². The average molecular weight is 496 g/mol. The van der Waals surface area contributed by atoms with E-state index in [4.69, 9.17) is 0 Å². The Morgan fingerprint density at radius 2 is 1.69 bits per heavy atom. The smallest absolute Gasteiger partial charge is 0.254 e. The quantitative estimate of drug-likeness (QED) is 0.474. The van der Waals surface area contributed by atoms with Gasteiger partial charge in [0.1, 0.15) is 0 Å².